The molecule has 7 unspecified atom stereocenters. The van der Waals surface area contributed by atoms with Gasteiger partial charge in [0.15, 0.2) is 6.29 Å². The van der Waals surface area contributed by atoms with E-state index in [1.165, 1.54) is 109 Å². The monoisotopic (exact) mass is 872 g/mol. The maximum absolute atomic E-state index is 12.9. The Balaban J connectivity index is 2.32. The number of carbonyl (C=O) groups is 1. The molecule has 1 amide bonds. The summed E-state index contributed by atoms with van der Waals surface area (Å²) < 4.78 is 11.2. The Morgan fingerprint density at radius 1 is 0.565 bits per heavy atom. The van der Waals surface area contributed by atoms with E-state index in [0.717, 1.165) is 64.2 Å². The second-order valence-corrected chi connectivity index (χ2v) is 17.2. The quantitative estimate of drug-likeness (QED) is 0.0263. The summed E-state index contributed by atoms with van der Waals surface area (Å²) in [7, 11) is 0. The molecule has 1 saturated heterocycles. The lowest BCUT2D eigenvalue weighted by molar-refractivity contribution is -0.302. The topological polar surface area (TPSA) is 149 Å². The summed E-state index contributed by atoms with van der Waals surface area (Å²) in [5, 5.41) is 54.2. The van der Waals surface area contributed by atoms with Crippen molar-refractivity contribution in [1.29, 1.82) is 0 Å². The highest BCUT2D eigenvalue weighted by molar-refractivity contribution is 5.76. The van der Waals surface area contributed by atoms with Crippen LogP contribution in [0, 0.1) is 0 Å². The number of aliphatic hydroxyl groups is 5. The molecule has 358 valence electrons. The first-order valence-corrected chi connectivity index (χ1v) is 25.2. The van der Waals surface area contributed by atoms with Crippen LogP contribution < -0.4 is 5.32 Å². The third kappa shape index (κ3) is 32.3. The fourth-order valence-electron chi connectivity index (χ4n) is 7.50. The molecule has 1 fully saturated rings. The normalized spacial score (nSPS) is 20.9. The molecule has 1 heterocycles. The molecule has 0 bridgehead atoms. The number of rotatable bonds is 41. The molecule has 0 saturated carbocycles. The zero-order chi connectivity index (χ0) is 45.1. The number of aliphatic hydroxyl groups excluding tert-OH is 5. The summed E-state index contributed by atoms with van der Waals surface area (Å²) in [6.07, 6.45) is 51.1. The minimum Gasteiger partial charge on any atom is -0.394 e. The Hall–Kier alpha value is -2.37. The van der Waals surface area contributed by atoms with Gasteiger partial charge in [-0.3, -0.25) is 4.79 Å². The highest BCUT2D eigenvalue weighted by Crippen LogP contribution is 2.22. The Morgan fingerprint density at radius 3 is 1.55 bits per heavy atom. The summed E-state index contributed by atoms with van der Waals surface area (Å²) >= 11 is 0. The summed E-state index contributed by atoms with van der Waals surface area (Å²) in [5.74, 6) is -0.223. The van der Waals surface area contributed by atoms with Gasteiger partial charge in [-0.2, -0.15) is 0 Å². The largest absolute Gasteiger partial charge is 0.394 e. The molecule has 0 radical (unpaired) electrons. The van der Waals surface area contributed by atoms with Gasteiger partial charge < -0.3 is 40.3 Å². The number of carbonyl (C=O) groups excluding carboxylic acids is 1. The van der Waals surface area contributed by atoms with Crippen molar-refractivity contribution in [1.82, 2.24) is 5.32 Å². The molecule has 62 heavy (non-hydrogen) atoms. The highest BCUT2D eigenvalue weighted by Gasteiger charge is 2.44. The first-order chi connectivity index (χ1) is 30.3. The average Bonchev–Trinajstić information content (AvgIpc) is 3.27. The summed E-state index contributed by atoms with van der Waals surface area (Å²) in [5.41, 5.74) is 0. The standard InChI is InChI=1S/C53H93NO8/c1-3-5-7-9-11-13-15-17-18-19-20-21-22-23-24-25-26-27-28-29-31-32-34-36-38-40-42-47(56)46(45-61-53-52(60)51(59)50(58)48(44-55)62-53)54-49(57)43-41-39-37-35-33-30-16-14-12-10-8-6-4-2/h6,8,12,14,27-28,30,32-34,40,42,46-48,50-53,55-56,58-60H,3-5,7,9-11,13,15-26,29,31,35-39,41,43-45H2,1-2H3,(H,54,57)/b8-6-,14-12-,28-27+,33-30-,34-32+,42-40+. The van der Waals surface area contributed by atoms with Crippen molar-refractivity contribution in [2.45, 2.75) is 243 Å². The van der Waals surface area contributed by atoms with Gasteiger partial charge in [0.25, 0.3) is 0 Å². The van der Waals surface area contributed by atoms with Crippen molar-refractivity contribution >= 4 is 5.91 Å². The third-order valence-corrected chi connectivity index (χ3v) is 11.5. The summed E-state index contributed by atoms with van der Waals surface area (Å²) in [4.78, 5) is 12.9. The molecule has 1 aliphatic rings. The van der Waals surface area contributed by atoms with Crippen LogP contribution in [0.5, 0.6) is 0 Å². The van der Waals surface area contributed by atoms with Gasteiger partial charge in [-0.15, -0.1) is 0 Å². The molecule has 0 spiro atoms. The predicted octanol–water partition coefficient (Wildman–Crippen LogP) is 11.3. The van der Waals surface area contributed by atoms with E-state index in [4.69, 9.17) is 9.47 Å². The number of hydrogen-bond acceptors (Lipinski definition) is 8. The maximum Gasteiger partial charge on any atom is 0.220 e. The molecule has 0 aromatic carbocycles. The number of ether oxygens (including phenoxy) is 2. The number of hydrogen-bond donors (Lipinski definition) is 6. The van der Waals surface area contributed by atoms with Gasteiger partial charge in [-0.05, 0) is 77.0 Å². The number of unbranched alkanes of at least 4 members (excludes halogenated alkanes) is 21. The Kier molecular flexibility index (Phi) is 39.6. The van der Waals surface area contributed by atoms with Gasteiger partial charge in [0.2, 0.25) is 5.91 Å². The zero-order valence-electron chi connectivity index (χ0n) is 39.4. The van der Waals surface area contributed by atoms with Gasteiger partial charge >= 0.3 is 0 Å². The van der Waals surface area contributed by atoms with Crippen LogP contribution in [0.2, 0.25) is 0 Å². The van der Waals surface area contributed by atoms with Crippen LogP contribution in [0.4, 0.5) is 0 Å². The molecular formula is C53H93NO8. The van der Waals surface area contributed by atoms with Crippen LogP contribution in [-0.2, 0) is 14.3 Å². The summed E-state index contributed by atoms with van der Waals surface area (Å²) in [6, 6.07) is -0.846. The second kappa shape index (κ2) is 42.6. The Morgan fingerprint density at radius 2 is 1.02 bits per heavy atom. The van der Waals surface area contributed by atoms with Crippen LogP contribution in [0.25, 0.3) is 0 Å². The second-order valence-electron chi connectivity index (χ2n) is 17.2. The van der Waals surface area contributed by atoms with E-state index in [2.05, 4.69) is 79.9 Å². The predicted molar refractivity (Wildman–Crippen MR) is 258 cm³/mol. The van der Waals surface area contributed by atoms with E-state index in [9.17, 15) is 30.3 Å². The van der Waals surface area contributed by atoms with Gasteiger partial charge in [0, 0.05) is 6.42 Å². The van der Waals surface area contributed by atoms with Crippen molar-refractivity contribution in [3.8, 4) is 0 Å². The molecule has 0 aromatic heterocycles. The van der Waals surface area contributed by atoms with Crippen LogP contribution in [0.15, 0.2) is 72.9 Å². The van der Waals surface area contributed by atoms with Gasteiger partial charge in [0.05, 0.1) is 25.4 Å². The molecule has 6 N–H and O–H groups in total. The van der Waals surface area contributed by atoms with Crippen LogP contribution in [0.3, 0.4) is 0 Å². The summed E-state index contributed by atoms with van der Waals surface area (Å²) in [6.45, 7) is 3.61. The molecule has 1 rings (SSSR count). The Labute approximate surface area is 378 Å². The first-order valence-electron chi connectivity index (χ1n) is 25.2. The van der Waals surface area contributed by atoms with Gasteiger partial charge in [-0.25, -0.2) is 0 Å². The molecule has 1 aliphatic heterocycles. The smallest absolute Gasteiger partial charge is 0.220 e. The van der Waals surface area contributed by atoms with Crippen molar-refractivity contribution in [2.24, 2.45) is 0 Å². The zero-order valence-corrected chi connectivity index (χ0v) is 39.4. The van der Waals surface area contributed by atoms with Crippen molar-refractivity contribution in [3.63, 3.8) is 0 Å². The SMILES string of the molecule is CC/C=C\C/C=C\C/C=C\CCCCCC(=O)NC(COC1OC(CO)C(O)C(O)C1O)C(O)/C=C/CC/C=C/CC/C=C/CCCCCCCCCCCCCCCCCC. The van der Waals surface area contributed by atoms with E-state index in [-0.39, 0.29) is 12.5 Å². The highest BCUT2D eigenvalue weighted by atomic mass is 16.7. The number of allylic oxidation sites excluding steroid dienone is 11. The molecular weight excluding hydrogens is 779 g/mol. The van der Waals surface area contributed by atoms with Crippen molar-refractivity contribution < 1.29 is 39.8 Å². The van der Waals surface area contributed by atoms with E-state index in [1.807, 2.05) is 6.08 Å². The molecule has 7 atom stereocenters. The number of amides is 1. The van der Waals surface area contributed by atoms with E-state index >= 15 is 0 Å². The fraction of sp³-hybridized carbons (Fsp3) is 0.755. The first kappa shape index (κ1) is 57.6. The minimum atomic E-state index is -1.58. The van der Waals surface area contributed by atoms with E-state index < -0.39 is 49.5 Å². The minimum absolute atomic E-state index is 0.221. The fourth-order valence-corrected chi connectivity index (χ4v) is 7.50. The third-order valence-electron chi connectivity index (χ3n) is 11.5. The molecule has 9 nitrogen and oxygen atoms in total. The van der Waals surface area contributed by atoms with Crippen LogP contribution >= 0.6 is 0 Å². The molecule has 0 aliphatic carbocycles. The van der Waals surface area contributed by atoms with E-state index in [0.29, 0.717) is 12.8 Å². The van der Waals surface area contributed by atoms with Crippen LogP contribution in [0.1, 0.15) is 200 Å². The van der Waals surface area contributed by atoms with Crippen molar-refractivity contribution in [3.05, 3.63) is 72.9 Å². The number of nitrogens with one attached hydrogen (secondary N) is 1. The lowest BCUT2D eigenvalue weighted by atomic mass is 9.99. The van der Waals surface area contributed by atoms with Gasteiger partial charge in [-0.1, -0.05) is 189 Å². The average molecular weight is 872 g/mol. The lowest BCUT2D eigenvalue weighted by Gasteiger charge is -2.40. The van der Waals surface area contributed by atoms with Gasteiger partial charge in [0.1, 0.15) is 24.4 Å². The maximum atomic E-state index is 12.9. The van der Waals surface area contributed by atoms with Crippen LogP contribution in [-0.4, -0.2) is 87.5 Å². The molecule has 0 aromatic rings. The lowest BCUT2D eigenvalue weighted by Crippen LogP contribution is -2.60. The van der Waals surface area contributed by atoms with E-state index in [1.54, 1.807) is 6.08 Å². The Bertz CT molecular complexity index is 1200. The van der Waals surface area contributed by atoms with Crippen molar-refractivity contribution in [2.75, 3.05) is 13.2 Å². The molecule has 9 heteroatoms.